The van der Waals surface area contributed by atoms with Crippen LogP contribution in [0.4, 0.5) is 0 Å². The van der Waals surface area contributed by atoms with Gasteiger partial charge in [0.25, 0.3) is 5.91 Å². The summed E-state index contributed by atoms with van der Waals surface area (Å²) in [5.74, 6) is 1.50. The summed E-state index contributed by atoms with van der Waals surface area (Å²) in [7, 11) is 1.64. The summed E-state index contributed by atoms with van der Waals surface area (Å²) in [4.78, 5) is 18.7. The Morgan fingerprint density at radius 2 is 2.04 bits per heavy atom. The van der Waals surface area contributed by atoms with Crippen molar-refractivity contribution < 1.29 is 9.53 Å². The van der Waals surface area contributed by atoms with Gasteiger partial charge in [-0.2, -0.15) is 0 Å². The maximum atomic E-state index is 12.9. The lowest BCUT2D eigenvalue weighted by Gasteiger charge is -2.42. The lowest BCUT2D eigenvalue weighted by molar-refractivity contribution is 0.0799. The van der Waals surface area contributed by atoms with Crippen molar-refractivity contribution in [1.29, 1.82) is 0 Å². The van der Waals surface area contributed by atoms with Crippen LogP contribution < -0.4 is 10.1 Å². The van der Waals surface area contributed by atoms with Gasteiger partial charge in [-0.15, -0.1) is 0 Å². The summed E-state index contributed by atoms with van der Waals surface area (Å²) < 4.78 is 5.39. The molecule has 144 valence electrons. The molecular weight excluding hydrogens is 350 g/mol. The van der Waals surface area contributed by atoms with Gasteiger partial charge in [0.05, 0.1) is 18.2 Å². The van der Waals surface area contributed by atoms with Crippen LogP contribution in [0.2, 0.25) is 0 Å². The van der Waals surface area contributed by atoms with Crippen molar-refractivity contribution in [2.24, 2.45) is 5.92 Å². The SMILES string of the molecule is COc1cccc2c(C(=O)NCC34CC(CN3Cc3ccccc3)C4)c[nH]c12. The van der Waals surface area contributed by atoms with Gasteiger partial charge >= 0.3 is 0 Å². The lowest BCUT2D eigenvalue weighted by Crippen LogP contribution is -2.53. The Labute approximate surface area is 164 Å². The predicted molar refractivity (Wildman–Crippen MR) is 109 cm³/mol. The van der Waals surface area contributed by atoms with Crippen LogP contribution in [0.5, 0.6) is 5.75 Å². The molecule has 3 aromatic rings. The van der Waals surface area contributed by atoms with Crippen molar-refractivity contribution in [3.05, 3.63) is 65.9 Å². The summed E-state index contributed by atoms with van der Waals surface area (Å²) in [6.07, 6.45) is 4.14. The molecule has 1 saturated carbocycles. The first kappa shape index (κ1) is 17.3. The Kier molecular flexibility index (Phi) is 4.13. The first-order valence-corrected chi connectivity index (χ1v) is 9.90. The van der Waals surface area contributed by atoms with E-state index in [4.69, 9.17) is 4.74 Å². The number of carbonyl (C=O) groups is 1. The highest BCUT2D eigenvalue weighted by Gasteiger charge is 2.55. The standard InChI is InChI=1S/C23H25N3O2/c1-28-20-9-5-8-18-19(12-24-21(18)20)22(27)25-15-23-10-17(11-23)14-26(23)13-16-6-3-2-4-7-16/h2-9,12,17,24H,10-11,13-15H2,1H3,(H,25,27). The molecule has 0 radical (unpaired) electrons. The zero-order valence-electron chi connectivity index (χ0n) is 16.1. The molecule has 1 aliphatic carbocycles. The minimum Gasteiger partial charge on any atom is -0.495 e. The third-order valence-corrected chi connectivity index (χ3v) is 6.42. The molecule has 3 fully saturated rings. The maximum Gasteiger partial charge on any atom is 0.253 e. The topological polar surface area (TPSA) is 57.4 Å². The van der Waals surface area contributed by atoms with E-state index in [0.717, 1.165) is 35.7 Å². The average molecular weight is 375 g/mol. The smallest absolute Gasteiger partial charge is 0.253 e. The minimum absolute atomic E-state index is 0.0242. The van der Waals surface area contributed by atoms with Crippen LogP contribution in [-0.4, -0.2) is 41.5 Å². The molecule has 0 atom stereocenters. The highest BCUT2D eigenvalue weighted by Crippen LogP contribution is 2.50. The normalized spacial score (nSPS) is 23.5. The second-order valence-corrected chi connectivity index (χ2v) is 8.13. The van der Waals surface area contributed by atoms with Gasteiger partial charge in [-0.25, -0.2) is 0 Å². The number of amides is 1. The molecule has 3 aliphatic rings. The van der Waals surface area contributed by atoms with Gasteiger partial charge in [0.1, 0.15) is 5.75 Å². The van der Waals surface area contributed by atoms with E-state index < -0.39 is 0 Å². The number of nitrogens with one attached hydrogen (secondary N) is 2. The Bertz CT molecular complexity index is 1010. The highest BCUT2D eigenvalue weighted by molar-refractivity contribution is 6.08. The van der Waals surface area contributed by atoms with Crippen molar-refractivity contribution in [2.75, 3.05) is 20.2 Å². The predicted octanol–water partition coefficient (Wildman–Crippen LogP) is 3.57. The van der Waals surface area contributed by atoms with E-state index in [1.54, 1.807) is 13.3 Å². The minimum atomic E-state index is -0.0242. The molecule has 1 amide bonds. The van der Waals surface area contributed by atoms with E-state index in [-0.39, 0.29) is 11.4 Å². The number of nitrogens with zero attached hydrogens (tertiary/aromatic N) is 1. The number of fused-ring (bicyclic) bond motifs is 2. The summed E-state index contributed by atoms with van der Waals surface area (Å²) in [6, 6.07) is 16.4. The Balaban J connectivity index is 1.30. The Hall–Kier alpha value is -2.79. The molecule has 28 heavy (non-hydrogen) atoms. The van der Waals surface area contributed by atoms with Gasteiger partial charge in [-0.3, -0.25) is 9.69 Å². The largest absolute Gasteiger partial charge is 0.495 e. The second kappa shape index (κ2) is 6.67. The van der Waals surface area contributed by atoms with Crippen molar-refractivity contribution in [3.63, 3.8) is 0 Å². The van der Waals surface area contributed by atoms with Crippen LogP contribution in [0.25, 0.3) is 10.9 Å². The molecule has 6 rings (SSSR count). The van der Waals surface area contributed by atoms with Gasteiger partial charge in [-0.05, 0) is 30.4 Å². The van der Waals surface area contributed by atoms with Crippen LogP contribution in [0, 0.1) is 5.92 Å². The third-order valence-electron chi connectivity index (χ3n) is 6.42. The molecule has 5 heteroatoms. The summed E-state index contributed by atoms with van der Waals surface area (Å²) >= 11 is 0. The number of hydrogen-bond donors (Lipinski definition) is 2. The number of aromatic nitrogens is 1. The van der Waals surface area contributed by atoms with Crippen LogP contribution in [0.15, 0.2) is 54.7 Å². The molecule has 2 aliphatic heterocycles. The monoisotopic (exact) mass is 375 g/mol. The molecule has 2 saturated heterocycles. The second-order valence-electron chi connectivity index (χ2n) is 8.13. The number of ether oxygens (including phenoxy) is 1. The molecule has 0 spiro atoms. The lowest BCUT2D eigenvalue weighted by atomic mass is 9.73. The van der Waals surface area contributed by atoms with E-state index in [1.807, 2.05) is 18.2 Å². The molecular formula is C23H25N3O2. The fourth-order valence-corrected chi connectivity index (χ4v) is 5.02. The quantitative estimate of drug-likeness (QED) is 0.692. The molecule has 5 nitrogen and oxygen atoms in total. The third kappa shape index (κ3) is 2.78. The fourth-order valence-electron chi connectivity index (χ4n) is 5.02. The Morgan fingerprint density at radius 3 is 2.82 bits per heavy atom. The number of aromatic amines is 1. The van der Waals surface area contributed by atoms with Gasteiger partial charge < -0.3 is 15.0 Å². The summed E-state index contributed by atoms with van der Waals surface area (Å²) in [5, 5.41) is 4.11. The van der Waals surface area contributed by atoms with E-state index in [1.165, 1.54) is 18.4 Å². The maximum absolute atomic E-state index is 12.9. The number of H-pyrrole nitrogens is 1. The van der Waals surface area contributed by atoms with Crippen LogP contribution in [-0.2, 0) is 6.54 Å². The van der Waals surface area contributed by atoms with Gasteiger partial charge in [0.15, 0.2) is 0 Å². The number of hydrogen-bond acceptors (Lipinski definition) is 3. The number of benzene rings is 2. The van der Waals surface area contributed by atoms with Crippen LogP contribution in [0.3, 0.4) is 0 Å². The first-order valence-electron chi connectivity index (χ1n) is 9.90. The van der Waals surface area contributed by atoms with Gasteiger partial charge in [-0.1, -0.05) is 42.5 Å². The van der Waals surface area contributed by atoms with E-state index >= 15 is 0 Å². The van der Waals surface area contributed by atoms with E-state index in [9.17, 15) is 4.79 Å². The van der Waals surface area contributed by atoms with Crippen molar-refractivity contribution in [2.45, 2.75) is 24.9 Å². The van der Waals surface area contributed by atoms with Crippen LogP contribution >= 0.6 is 0 Å². The van der Waals surface area contributed by atoms with Gasteiger partial charge in [0.2, 0.25) is 0 Å². The fraction of sp³-hybridized carbons (Fsp3) is 0.348. The Morgan fingerprint density at radius 1 is 1.21 bits per heavy atom. The number of para-hydroxylation sites is 1. The zero-order valence-corrected chi connectivity index (χ0v) is 16.1. The molecule has 2 bridgehead atoms. The molecule has 0 unspecified atom stereocenters. The summed E-state index contributed by atoms with van der Waals surface area (Å²) in [5.41, 5.74) is 2.99. The molecule has 2 aromatic carbocycles. The van der Waals surface area contributed by atoms with Crippen molar-refractivity contribution in [3.8, 4) is 5.75 Å². The van der Waals surface area contributed by atoms with Crippen LogP contribution in [0.1, 0.15) is 28.8 Å². The molecule has 2 N–H and O–H groups in total. The highest BCUT2D eigenvalue weighted by atomic mass is 16.5. The average Bonchev–Trinajstić information content (AvgIpc) is 3.37. The summed E-state index contributed by atoms with van der Waals surface area (Å²) in [6.45, 7) is 2.79. The van der Waals surface area contributed by atoms with E-state index in [2.05, 4.69) is 45.5 Å². The number of methoxy groups -OCH3 is 1. The molecule has 1 aromatic heterocycles. The first-order chi connectivity index (χ1) is 13.7. The molecule has 3 heterocycles. The number of carbonyl (C=O) groups excluding carboxylic acids is 1. The van der Waals surface area contributed by atoms with Crippen molar-refractivity contribution >= 4 is 16.8 Å². The van der Waals surface area contributed by atoms with Gasteiger partial charge in [0, 0.05) is 36.8 Å². The van der Waals surface area contributed by atoms with Crippen molar-refractivity contribution in [1.82, 2.24) is 15.2 Å². The van der Waals surface area contributed by atoms with E-state index in [0.29, 0.717) is 12.1 Å². The zero-order chi connectivity index (χ0) is 19.1. The number of rotatable bonds is 6.